The molecule has 4 heteroatoms. The minimum atomic E-state index is -0.159. The molecule has 0 radical (unpaired) electrons. The molecule has 0 saturated heterocycles. The van der Waals surface area contributed by atoms with Gasteiger partial charge in [-0.3, -0.25) is 4.79 Å². The van der Waals surface area contributed by atoms with Gasteiger partial charge in [0.2, 0.25) is 0 Å². The van der Waals surface area contributed by atoms with E-state index in [-0.39, 0.29) is 11.4 Å². The van der Waals surface area contributed by atoms with E-state index in [1.165, 1.54) is 0 Å². The first-order valence-electron chi connectivity index (χ1n) is 5.76. The average molecular weight is 264 g/mol. The molecule has 94 valence electrons. The molecule has 2 rings (SSSR count). The number of rotatable bonds is 4. The fourth-order valence-electron chi connectivity index (χ4n) is 1.74. The standard InChI is InChI=1S/C14H14ClNO2/c1-2-18-13-6-4-3-5-11(13)12-8-7-10(9-15)14(17)16-12/h3-8H,2,9H2,1H3,(H,16,17). The number of H-pyrrole nitrogens is 1. The van der Waals surface area contributed by atoms with E-state index in [0.717, 1.165) is 17.0 Å². The van der Waals surface area contributed by atoms with Crippen LogP contribution in [0.4, 0.5) is 0 Å². The van der Waals surface area contributed by atoms with Crippen LogP contribution in [0.5, 0.6) is 5.75 Å². The Kier molecular flexibility index (Phi) is 4.05. The molecule has 3 nitrogen and oxygen atoms in total. The molecular formula is C14H14ClNO2. The third kappa shape index (κ3) is 2.57. The molecule has 1 N–H and O–H groups in total. The highest BCUT2D eigenvalue weighted by Crippen LogP contribution is 2.27. The highest BCUT2D eigenvalue weighted by Gasteiger charge is 2.07. The number of benzene rings is 1. The largest absolute Gasteiger partial charge is 0.493 e. The summed E-state index contributed by atoms with van der Waals surface area (Å²) in [6.07, 6.45) is 0. The van der Waals surface area contributed by atoms with Crippen LogP contribution in [0.2, 0.25) is 0 Å². The number of ether oxygens (including phenoxy) is 1. The number of pyridine rings is 1. The van der Waals surface area contributed by atoms with Gasteiger partial charge >= 0.3 is 0 Å². The quantitative estimate of drug-likeness (QED) is 0.861. The van der Waals surface area contributed by atoms with Crippen LogP contribution >= 0.6 is 11.6 Å². The SMILES string of the molecule is CCOc1ccccc1-c1ccc(CCl)c(=O)[nH]1. The smallest absolute Gasteiger partial charge is 0.252 e. The number of alkyl halides is 1. The monoisotopic (exact) mass is 263 g/mol. The lowest BCUT2D eigenvalue weighted by atomic mass is 10.1. The van der Waals surface area contributed by atoms with Gasteiger partial charge in [0.1, 0.15) is 5.75 Å². The van der Waals surface area contributed by atoms with E-state index in [1.807, 2.05) is 37.3 Å². The van der Waals surface area contributed by atoms with Crippen molar-refractivity contribution in [3.05, 3.63) is 52.3 Å². The van der Waals surface area contributed by atoms with Crippen LogP contribution in [-0.2, 0) is 5.88 Å². The predicted octanol–water partition coefficient (Wildman–Crippen LogP) is 3.18. The van der Waals surface area contributed by atoms with Gasteiger partial charge in [0, 0.05) is 11.1 Å². The van der Waals surface area contributed by atoms with E-state index >= 15 is 0 Å². The molecule has 0 amide bonds. The van der Waals surface area contributed by atoms with E-state index in [1.54, 1.807) is 6.07 Å². The summed E-state index contributed by atoms with van der Waals surface area (Å²) in [6, 6.07) is 11.2. The van der Waals surface area contributed by atoms with Gasteiger partial charge in [-0.25, -0.2) is 0 Å². The molecule has 1 aromatic carbocycles. The molecule has 1 heterocycles. The van der Waals surface area contributed by atoms with Crippen LogP contribution in [0, 0.1) is 0 Å². The number of nitrogens with one attached hydrogen (secondary N) is 1. The van der Waals surface area contributed by atoms with Crippen molar-refractivity contribution in [1.82, 2.24) is 4.98 Å². The molecule has 0 atom stereocenters. The Bertz CT molecular complexity index is 592. The first-order chi connectivity index (χ1) is 8.76. The lowest BCUT2D eigenvalue weighted by molar-refractivity contribution is 0.341. The summed E-state index contributed by atoms with van der Waals surface area (Å²) in [5, 5.41) is 0. The van der Waals surface area contributed by atoms with Crippen molar-refractivity contribution in [2.75, 3.05) is 6.61 Å². The Labute approximate surface area is 110 Å². The lowest BCUT2D eigenvalue weighted by Gasteiger charge is -2.10. The maximum atomic E-state index is 11.7. The minimum absolute atomic E-state index is 0.159. The first-order valence-corrected chi connectivity index (χ1v) is 6.30. The van der Waals surface area contributed by atoms with Gasteiger partial charge < -0.3 is 9.72 Å². The number of aromatic amines is 1. The fraction of sp³-hybridized carbons (Fsp3) is 0.214. The summed E-state index contributed by atoms with van der Waals surface area (Å²) in [6.45, 7) is 2.51. The van der Waals surface area contributed by atoms with Crippen LogP contribution in [0.1, 0.15) is 12.5 Å². The Balaban J connectivity index is 2.48. The second-order valence-corrected chi connectivity index (χ2v) is 4.06. The van der Waals surface area contributed by atoms with E-state index < -0.39 is 0 Å². The van der Waals surface area contributed by atoms with Gasteiger partial charge in [0.25, 0.3) is 5.56 Å². The maximum absolute atomic E-state index is 11.7. The number of hydrogen-bond donors (Lipinski definition) is 1. The summed E-state index contributed by atoms with van der Waals surface area (Å²) >= 11 is 5.67. The van der Waals surface area contributed by atoms with Gasteiger partial charge in [-0.1, -0.05) is 18.2 Å². The Morgan fingerprint density at radius 1 is 1.22 bits per heavy atom. The topological polar surface area (TPSA) is 42.1 Å². The second kappa shape index (κ2) is 5.74. The van der Waals surface area contributed by atoms with E-state index in [9.17, 15) is 4.79 Å². The first kappa shape index (κ1) is 12.7. The summed E-state index contributed by atoms with van der Waals surface area (Å²) in [5.74, 6) is 0.970. The zero-order valence-electron chi connectivity index (χ0n) is 10.1. The van der Waals surface area contributed by atoms with Gasteiger partial charge in [-0.2, -0.15) is 0 Å². The number of aromatic nitrogens is 1. The van der Waals surface area contributed by atoms with Crippen molar-refractivity contribution < 1.29 is 4.74 Å². The van der Waals surface area contributed by atoms with Crippen LogP contribution in [0.15, 0.2) is 41.2 Å². The molecule has 0 spiro atoms. The van der Waals surface area contributed by atoms with Gasteiger partial charge in [0.05, 0.1) is 18.2 Å². The Hall–Kier alpha value is -1.74. The van der Waals surface area contributed by atoms with E-state index in [4.69, 9.17) is 16.3 Å². The normalized spacial score (nSPS) is 10.3. The summed E-state index contributed by atoms with van der Waals surface area (Å²) in [7, 11) is 0. The molecular weight excluding hydrogens is 250 g/mol. The second-order valence-electron chi connectivity index (χ2n) is 3.79. The third-order valence-electron chi connectivity index (χ3n) is 2.61. The third-order valence-corrected chi connectivity index (χ3v) is 2.90. The van der Waals surface area contributed by atoms with Crippen molar-refractivity contribution in [1.29, 1.82) is 0 Å². The van der Waals surface area contributed by atoms with Crippen LogP contribution in [0.3, 0.4) is 0 Å². The zero-order valence-corrected chi connectivity index (χ0v) is 10.8. The molecule has 0 aliphatic rings. The highest BCUT2D eigenvalue weighted by atomic mass is 35.5. The summed E-state index contributed by atoms with van der Waals surface area (Å²) in [5.41, 5.74) is 2.01. The molecule has 2 aromatic rings. The van der Waals surface area contributed by atoms with Gasteiger partial charge in [-0.15, -0.1) is 11.6 Å². The molecule has 0 bridgehead atoms. The zero-order chi connectivity index (χ0) is 13.0. The Morgan fingerprint density at radius 3 is 2.67 bits per heavy atom. The lowest BCUT2D eigenvalue weighted by Crippen LogP contribution is -2.11. The fourth-order valence-corrected chi connectivity index (χ4v) is 1.95. The van der Waals surface area contributed by atoms with Crippen LogP contribution < -0.4 is 10.3 Å². The molecule has 0 saturated carbocycles. The molecule has 0 unspecified atom stereocenters. The minimum Gasteiger partial charge on any atom is -0.493 e. The van der Waals surface area contributed by atoms with Crippen molar-refractivity contribution in [3.8, 4) is 17.0 Å². The maximum Gasteiger partial charge on any atom is 0.252 e. The Morgan fingerprint density at radius 2 is 2.00 bits per heavy atom. The van der Waals surface area contributed by atoms with Crippen molar-refractivity contribution in [2.24, 2.45) is 0 Å². The van der Waals surface area contributed by atoms with Crippen LogP contribution in [0.25, 0.3) is 11.3 Å². The summed E-state index contributed by atoms with van der Waals surface area (Å²) in [4.78, 5) is 14.6. The molecule has 0 aliphatic carbocycles. The van der Waals surface area contributed by atoms with Crippen molar-refractivity contribution in [2.45, 2.75) is 12.8 Å². The van der Waals surface area contributed by atoms with Crippen molar-refractivity contribution >= 4 is 11.6 Å². The van der Waals surface area contributed by atoms with Crippen molar-refractivity contribution in [3.63, 3.8) is 0 Å². The van der Waals surface area contributed by atoms with Crippen LogP contribution in [-0.4, -0.2) is 11.6 Å². The molecule has 0 fully saturated rings. The molecule has 0 aliphatic heterocycles. The number of halogens is 1. The number of para-hydroxylation sites is 1. The predicted molar refractivity (Wildman–Crippen MR) is 73.2 cm³/mol. The molecule has 1 aromatic heterocycles. The highest BCUT2D eigenvalue weighted by molar-refractivity contribution is 6.17. The molecule has 18 heavy (non-hydrogen) atoms. The summed E-state index contributed by atoms with van der Waals surface area (Å²) < 4.78 is 5.54. The van der Waals surface area contributed by atoms with E-state index in [2.05, 4.69) is 4.98 Å². The van der Waals surface area contributed by atoms with Gasteiger partial charge in [-0.05, 0) is 25.1 Å². The average Bonchev–Trinajstić information content (AvgIpc) is 2.40. The number of hydrogen-bond acceptors (Lipinski definition) is 2. The van der Waals surface area contributed by atoms with E-state index in [0.29, 0.717) is 12.2 Å². The van der Waals surface area contributed by atoms with Gasteiger partial charge in [0.15, 0.2) is 0 Å².